The van der Waals surface area contributed by atoms with Crippen LogP contribution in [-0.4, -0.2) is 38.3 Å². The van der Waals surface area contributed by atoms with Crippen molar-refractivity contribution in [2.75, 3.05) is 0 Å². The van der Waals surface area contributed by atoms with Crippen molar-refractivity contribution in [1.82, 2.24) is 14.5 Å². The normalized spacial score (nSPS) is 14.5. The average Bonchev–Trinajstić information content (AvgIpc) is 3.26. The van der Waals surface area contributed by atoms with Crippen molar-refractivity contribution in [1.29, 1.82) is 0 Å². The van der Waals surface area contributed by atoms with E-state index in [9.17, 15) is 23.2 Å². The van der Waals surface area contributed by atoms with Crippen molar-refractivity contribution in [3.05, 3.63) is 65.5 Å². The van der Waals surface area contributed by atoms with E-state index in [0.717, 1.165) is 4.90 Å². The van der Waals surface area contributed by atoms with Crippen LogP contribution < -0.4 is 0 Å². The molecule has 1 aliphatic rings. The highest BCUT2D eigenvalue weighted by Crippen LogP contribution is 2.28. The van der Waals surface area contributed by atoms with Gasteiger partial charge in [0.05, 0.1) is 22.2 Å². The summed E-state index contributed by atoms with van der Waals surface area (Å²) in [5.74, 6) is -2.16. The molecule has 0 spiro atoms. The van der Waals surface area contributed by atoms with Gasteiger partial charge in [-0.15, -0.1) is 0 Å². The van der Waals surface area contributed by atoms with Crippen LogP contribution in [0.15, 0.2) is 48.5 Å². The summed E-state index contributed by atoms with van der Waals surface area (Å²) >= 11 is 0. The number of benzene rings is 2. The number of halogens is 2. The lowest BCUT2D eigenvalue weighted by atomic mass is 10.0. The van der Waals surface area contributed by atoms with E-state index in [1.807, 2.05) is 13.8 Å². The molecule has 9 heteroatoms. The minimum atomic E-state index is -2.88. The van der Waals surface area contributed by atoms with Gasteiger partial charge in [0, 0.05) is 0 Å². The second kappa shape index (κ2) is 8.49. The lowest BCUT2D eigenvalue weighted by Gasteiger charge is -2.26. The van der Waals surface area contributed by atoms with Gasteiger partial charge in [-0.05, 0) is 36.6 Å². The Morgan fingerprint density at radius 3 is 2.19 bits per heavy atom. The summed E-state index contributed by atoms with van der Waals surface area (Å²) < 4.78 is 33.3. The molecule has 0 fully saturated rings. The van der Waals surface area contributed by atoms with Gasteiger partial charge < -0.3 is 4.74 Å². The highest BCUT2D eigenvalue weighted by atomic mass is 19.3. The van der Waals surface area contributed by atoms with E-state index < -0.39 is 37.0 Å². The highest BCUT2D eigenvalue weighted by Gasteiger charge is 2.43. The van der Waals surface area contributed by atoms with Crippen molar-refractivity contribution in [2.45, 2.75) is 39.5 Å². The number of fused-ring (bicyclic) bond motifs is 2. The smallest absolute Gasteiger partial charge is 0.329 e. The number of carbonyl (C=O) groups is 3. The molecule has 3 aromatic rings. The number of hydrogen-bond acceptors (Lipinski definition) is 5. The fourth-order valence-corrected chi connectivity index (χ4v) is 3.89. The first kappa shape index (κ1) is 21.6. The largest absolute Gasteiger partial charge is 0.456 e. The minimum absolute atomic E-state index is 0.0394. The number of imidazole rings is 1. The maximum absolute atomic E-state index is 13.6. The molecule has 2 amide bonds. The second-order valence-corrected chi connectivity index (χ2v) is 7.94. The number of hydrogen-bond donors (Lipinski definition) is 0. The van der Waals surface area contributed by atoms with Crippen molar-refractivity contribution in [3.63, 3.8) is 0 Å². The third-order valence-corrected chi connectivity index (χ3v) is 5.31. The van der Waals surface area contributed by atoms with Crippen LogP contribution in [0.5, 0.6) is 0 Å². The first-order valence-corrected chi connectivity index (χ1v) is 10.2. The molecule has 0 N–H and O–H groups in total. The number of rotatable bonds is 7. The summed E-state index contributed by atoms with van der Waals surface area (Å²) in [7, 11) is 0. The molecule has 0 aliphatic carbocycles. The number of carbonyl (C=O) groups excluding carboxylic acids is 3. The van der Waals surface area contributed by atoms with Crippen molar-refractivity contribution < 1.29 is 27.9 Å². The Bertz CT molecular complexity index is 1170. The highest BCUT2D eigenvalue weighted by molar-refractivity contribution is 6.22. The predicted octanol–water partition coefficient (Wildman–Crippen LogP) is 4.19. The van der Waals surface area contributed by atoms with Crippen LogP contribution in [-0.2, 0) is 16.1 Å². The number of nitrogens with zero attached hydrogens (tertiary/aromatic N) is 3. The number of esters is 1. The Balaban J connectivity index is 1.59. The van der Waals surface area contributed by atoms with Gasteiger partial charge in [-0.3, -0.25) is 19.1 Å². The van der Waals surface area contributed by atoms with E-state index >= 15 is 0 Å². The van der Waals surface area contributed by atoms with E-state index in [1.165, 1.54) is 18.2 Å². The van der Waals surface area contributed by atoms with Gasteiger partial charge in [-0.25, -0.2) is 9.78 Å². The lowest BCUT2D eigenvalue weighted by Crippen LogP contribution is -2.46. The fraction of sp³-hybridized carbons (Fsp3) is 0.304. The monoisotopic (exact) mass is 441 g/mol. The van der Waals surface area contributed by atoms with E-state index in [1.54, 1.807) is 30.3 Å². The first-order valence-electron chi connectivity index (χ1n) is 10.2. The van der Waals surface area contributed by atoms with Crippen molar-refractivity contribution >= 4 is 28.8 Å². The average molecular weight is 441 g/mol. The van der Waals surface area contributed by atoms with E-state index in [0.29, 0.717) is 10.1 Å². The maximum atomic E-state index is 13.6. The Labute approximate surface area is 182 Å². The quantitative estimate of drug-likeness (QED) is 0.406. The predicted molar refractivity (Wildman–Crippen MR) is 111 cm³/mol. The van der Waals surface area contributed by atoms with Crippen LogP contribution in [0.2, 0.25) is 0 Å². The zero-order chi connectivity index (χ0) is 23.0. The van der Waals surface area contributed by atoms with Gasteiger partial charge in [0.15, 0.2) is 5.82 Å². The second-order valence-electron chi connectivity index (χ2n) is 7.94. The summed E-state index contributed by atoms with van der Waals surface area (Å²) in [6.07, 6.45) is 0.176. The summed E-state index contributed by atoms with van der Waals surface area (Å²) in [4.78, 5) is 43.7. The third kappa shape index (κ3) is 3.74. The van der Waals surface area contributed by atoms with Crippen LogP contribution in [0.3, 0.4) is 0 Å². The van der Waals surface area contributed by atoms with E-state index in [4.69, 9.17) is 4.74 Å². The van der Waals surface area contributed by atoms with Crippen LogP contribution in [0.1, 0.15) is 53.4 Å². The molecule has 1 unspecified atom stereocenters. The maximum Gasteiger partial charge on any atom is 0.329 e. The number of alkyl halides is 2. The molecule has 0 saturated heterocycles. The standard InChI is InChI=1S/C23H21F2N3O4/c1-13(2)11-18(28-20(29)14-7-3-4-8-15(14)21(28)30)22(31)32-12-19-26-16-9-5-6-10-17(16)27(19)23(24)25/h3-10,13,18,23H,11-12H2,1-2H3. The van der Waals surface area contributed by atoms with Gasteiger partial charge in [0.25, 0.3) is 11.8 Å². The molecule has 166 valence electrons. The molecule has 2 aromatic carbocycles. The lowest BCUT2D eigenvalue weighted by molar-refractivity contribution is -0.150. The summed E-state index contributed by atoms with van der Waals surface area (Å²) in [5.41, 5.74) is 1.00. The first-order chi connectivity index (χ1) is 15.3. The van der Waals surface area contributed by atoms with Gasteiger partial charge in [0.2, 0.25) is 0 Å². The molecule has 1 aromatic heterocycles. The van der Waals surface area contributed by atoms with Crippen LogP contribution >= 0.6 is 0 Å². The number of amides is 2. The number of para-hydroxylation sites is 2. The molecular weight excluding hydrogens is 420 g/mol. The van der Waals surface area contributed by atoms with Crippen molar-refractivity contribution in [3.8, 4) is 0 Å². The molecule has 0 radical (unpaired) electrons. The molecule has 0 bridgehead atoms. The van der Waals surface area contributed by atoms with Gasteiger partial charge in [-0.1, -0.05) is 38.1 Å². The molecule has 1 atom stereocenters. The molecule has 4 rings (SSSR count). The molecule has 32 heavy (non-hydrogen) atoms. The van der Waals surface area contributed by atoms with Crippen LogP contribution in [0.25, 0.3) is 11.0 Å². The molecule has 2 heterocycles. The van der Waals surface area contributed by atoms with E-state index in [2.05, 4.69) is 4.98 Å². The molecule has 1 aliphatic heterocycles. The van der Waals surface area contributed by atoms with Gasteiger partial charge >= 0.3 is 12.5 Å². The molecule has 0 saturated carbocycles. The third-order valence-electron chi connectivity index (χ3n) is 5.31. The number of ether oxygens (including phenoxy) is 1. The number of aromatic nitrogens is 2. The fourth-order valence-electron chi connectivity index (χ4n) is 3.89. The van der Waals surface area contributed by atoms with Crippen molar-refractivity contribution in [2.24, 2.45) is 5.92 Å². The minimum Gasteiger partial charge on any atom is -0.456 e. The SMILES string of the molecule is CC(C)CC(C(=O)OCc1nc2ccccc2n1C(F)F)N1C(=O)c2ccccc2C1=O. The Morgan fingerprint density at radius 1 is 1.00 bits per heavy atom. The zero-order valence-corrected chi connectivity index (χ0v) is 17.5. The summed E-state index contributed by atoms with van der Waals surface area (Å²) in [6.45, 7) is 0.290. The van der Waals surface area contributed by atoms with Crippen LogP contribution in [0, 0.1) is 5.92 Å². The number of imide groups is 1. The van der Waals surface area contributed by atoms with Gasteiger partial charge in [-0.2, -0.15) is 8.78 Å². The topological polar surface area (TPSA) is 81.5 Å². The zero-order valence-electron chi connectivity index (χ0n) is 17.5. The van der Waals surface area contributed by atoms with Crippen LogP contribution in [0.4, 0.5) is 8.78 Å². The van der Waals surface area contributed by atoms with E-state index in [-0.39, 0.29) is 34.8 Å². The summed E-state index contributed by atoms with van der Waals surface area (Å²) in [6, 6.07) is 11.5. The molecule has 7 nitrogen and oxygen atoms in total. The summed E-state index contributed by atoms with van der Waals surface area (Å²) in [5, 5.41) is 0. The molecular formula is C23H21F2N3O4. The Kier molecular flexibility index (Phi) is 5.73. The Morgan fingerprint density at radius 2 is 1.59 bits per heavy atom. The Hall–Kier alpha value is -3.62. The van der Waals surface area contributed by atoms with Gasteiger partial charge in [0.1, 0.15) is 12.6 Å².